The van der Waals surface area contributed by atoms with Crippen LogP contribution in [0.25, 0.3) is 0 Å². The maximum atomic E-state index is 12.9. The molecule has 140 valence electrons. The van der Waals surface area contributed by atoms with E-state index in [2.05, 4.69) is 9.46 Å². The SMILES string of the molecule is CC[C@@H](NS(=O)(=O)c1cc(C(=O)OC)ccc1C)c1ccc(OC)cc1. The molecule has 7 heteroatoms. The van der Waals surface area contributed by atoms with E-state index < -0.39 is 22.0 Å². The minimum atomic E-state index is -3.82. The molecule has 0 amide bonds. The summed E-state index contributed by atoms with van der Waals surface area (Å²) in [5.74, 6) is 0.122. The van der Waals surface area contributed by atoms with Crippen molar-refractivity contribution < 1.29 is 22.7 Å². The molecule has 6 nitrogen and oxygen atoms in total. The second kappa shape index (κ2) is 8.33. The highest BCUT2D eigenvalue weighted by Gasteiger charge is 2.23. The largest absolute Gasteiger partial charge is 0.497 e. The normalized spacial score (nSPS) is 12.5. The van der Waals surface area contributed by atoms with E-state index in [0.717, 1.165) is 5.56 Å². The fourth-order valence-electron chi connectivity index (χ4n) is 2.61. The van der Waals surface area contributed by atoms with Gasteiger partial charge in [-0.1, -0.05) is 25.1 Å². The molecule has 0 saturated heterocycles. The molecule has 0 spiro atoms. The van der Waals surface area contributed by atoms with Crippen LogP contribution in [0.4, 0.5) is 0 Å². The third-order valence-electron chi connectivity index (χ3n) is 4.12. The molecule has 0 fully saturated rings. The number of hydrogen-bond donors (Lipinski definition) is 1. The minimum absolute atomic E-state index is 0.0624. The highest BCUT2D eigenvalue weighted by molar-refractivity contribution is 7.89. The number of methoxy groups -OCH3 is 2. The van der Waals surface area contributed by atoms with Gasteiger partial charge in [-0.3, -0.25) is 0 Å². The second-order valence-electron chi connectivity index (χ2n) is 5.83. The summed E-state index contributed by atoms with van der Waals surface area (Å²) in [5.41, 5.74) is 1.57. The van der Waals surface area contributed by atoms with Crippen molar-refractivity contribution >= 4 is 16.0 Å². The smallest absolute Gasteiger partial charge is 0.337 e. The van der Waals surface area contributed by atoms with Crippen molar-refractivity contribution in [1.82, 2.24) is 4.72 Å². The molecule has 1 N–H and O–H groups in total. The zero-order chi connectivity index (χ0) is 19.3. The van der Waals surface area contributed by atoms with Gasteiger partial charge in [0, 0.05) is 6.04 Å². The standard InChI is InChI=1S/C19H23NO5S/c1-5-17(14-8-10-16(24-3)11-9-14)20-26(22,23)18-12-15(19(21)25-4)7-6-13(18)2/h6-12,17,20H,5H2,1-4H3/t17-/m1/s1. The Kier molecular flexibility index (Phi) is 6.39. The van der Waals surface area contributed by atoms with Crippen molar-refractivity contribution in [3.8, 4) is 5.75 Å². The van der Waals surface area contributed by atoms with Crippen LogP contribution >= 0.6 is 0 Å². The molecule has 0 radical (unpaired) electrons. The lowest BCUT2D eigenvalue weighted by molar-refractivity contribution is 0.0600. The van der Waals surface area contributed by atoms with Crippen molar-refractivity contribution in [2.75, 3.05) is 14.2 Å². The molecule has 2 rings (SSSR count). The zero-order valence-corrected chi connectivity index (χ0v) is 16.1. The molecule has 2 aromatic rings. The minimum Gasteiger partial charge on any atom is -0.497 e. The van der Waals surface area contributed by atoms with Gasteiger partial charge in [0.1, 0.15) is 5.75 Å². The molecule has 0 aliphatic rings. The van der Waals surface area contributed by atoms with Gasteiger partial charge in [-0.2, -0.15) is 0 Å². The number of carbonyl (C=O) groups is 1. The number of aryl methyl sites for hydroxylation is 1. The first-order valence-electron chi connectivity index (χ1n) is 8.17. The Morgan fingerprint density at radius 1 is 1.12 bits per heavy atom. The maximum Gasteiger partial charge on any atom is 0.337 e. The van der Waals surface area contributed by atoms with Crippen LogP contribution in [0.5, 0.6) is 5.75 Å². The lowest BCUT2D eigenvalue weighted by Gasteiger charge is -2.19. The molecule has 0 bridgehead atoms. The monoisotopic (exact) mass is 377 g/mol. The van der Waals surface area contributed by atoms with Crippen LogP contribution in [0, 0.1) is 6.92 Å². The van der Waals surface area contributed by atoms with E-state index in [4.69, 9.17) is 4.74 Å². The third kappa shape index (κ3) is 4.42. The van der Waals surface area contributed by atoms with Crippen LogP contribution in [-0.4, -0.2) is 28.6 Å². The summed E-state index contributed by atoms with van der Waals surface area (Å²) >= 11 is 0. The van der Waals surface area contributed by atoms with Crippen molar-refractivity contribution in [2.45, 2.75) is 31.2 Å². The van der Waals surface area contributed by atoms with Crippen molar-refractivity contribution in [2.24, 2.45) is 0 Å². The Labute approximate surface area is 154 Å². The number of carbonyl (C=O) groups excluding carboxylic acids is 1. The Hall–Kier alpha value is -2.38. The first-order chi connectivity index (χ1) is 12.3. The van der Waals surface area contributed by atoms with Crippen LogP contribution in [0.1, 0.15) is 40.9 Å². The van der Waals surface area contributed by atoms with Crippen LogP contribution in [0.15, 0.2) is 47.4 Å². The Balaban J connectivity index is 2.35. The van der Waals surface area contributed by atoms with Crippen molar-refractivity contribution in [3.05, 3.63) is 59.2 Å². The average Bonchev–Trinajstić information content (AvgIpc) is 2.65. The van der Waals surface area contributed by atoms with Crippen molar-refractivity contribution in [1.29, 1.82) is 0 Å². The number of esters is 1. The number of nitrogens with one attached hydrogen (secondary N) is 1. The summed E-state index contributed by atoms with van der Waals surface area (Å²) in [7, 11) is -0.989. The van der Waals surface area contributed by atoms with Crippen molar-refractivity contribution in [3.63, 3.8) is 0 Å². The lowest BCUT2D eigenvalue weighted by atomic mass is 10.1. The van der Waals surface area contributed by atoms with Crippen LogP contribution in [-0.2, 0) is 14.8 Å². The summed E-state index contributed by atoms with van der Waals surface area (Å²) in [5, 5.41) is 0. The molecule has 0 heterocycles. The van der Waals surface area contributed by atoms with Gasteiger partial charge in [0.2, 0.25) is 10.0 Å². The Morgan fingerprint density at radius 3 is 2.31 bits per heavy atom. The van der Waals surface area contributed by atoms with Crippen LogP contribution in [0.2, 0.25) is 0 Å². The molecule has 0 unspecified atom stereocenters. The second-order valence-corrected chi connectivity index (χ2v) is 7.51. The van der Waals surface area contributed by atoms with E-state index in [0.29, 0.717) is 17.7 Å². The van der Waals surface area contributed by atoms with Crippen LogP contribution in [0.3, 0.4) is 0 Å². The number of benzene rings is 2. The van der Waals surface area contributed by atoms with E-state index in [1.165, 1.54) is 13.2 Å². The molecular formula is C19H23NO5S. The zero-order valence-electron chi connectivity index (χ0n) is 15.3. The lowest BCUT2D eigenvalue weighted by Crippen LogP contribution is -2.29. The van der Waals surface area contributed by atoms with Gasteiger partial charge in [0.25, 0.3) is 0 Å². The summed E-state index contributed by atoms with van der Waals surface area (Å²) in [6.07, 6.45) is 0.571. The fraction of sp³-hybridized carbons (Fsp3) is 0.316. The molecule has 1 atom stereocenters. The first-order valence-corrected chi connectivity index (χ1v) is 9.66. The van der Waals surface area contributed by atoms with Gasteiger partial charge in [-0.25, -0.2) is 17.9 Å². The van der Waals surface area contributed by atoms with E-state index in [-0.39, 0.29) is 10.5 Å². The summed E-state index contributed by atoms with van der Waals surface area (Å²) < 4.78 is 38.3. The average molecular weight is 377 g/mol. The Morgan fingerprint density at radius 2 is 1.77 bits per heavy atom. The van der Waals surface area contributed by atoms with Gasteiger partial charge in [-0.05, 0) is 48.7 Å². The van der Waals surface area contributed by atoms with Gasteiger partial charge < -0.3 is 9.47 Å². The van der Waals surface area contributed by atoms with E-state index in [1.807, 2.05) is 19.1 Å². The molecule has 2 aromatic carbocycles. The quantitative estimate of drug-likeness (QED) is 0.749. The topological polar surface area (TPSA) is 81.7 Å². The van der Waals surface area contributed by atoms with Gasteiger partial charge in [-0.15, -0.1) is 0 Å². The number of sulfonamides is 1. The summed E-state index contributed by atoms with van der Waals surface area (Å²) in [6, 6.07) is 11.3. The summed E-state index contributed by atoms with van der Waals surface area (Å²) in [6.45, 7) is 3.58. The molecule has 0 aliphatic heterocycles. The molecular weight excluding hydrogens is 354 g/mol. The third-order valence-corrected chi connectivity index (χ3v) is 5.74. The van der Waals surface area contributed by atoms with E-state index >= 15 is 0 Å². The predicted octanol–water partition coefficient (Wildman–Crippen LogP) is 3.22. The van der Waals surface area contributed by atoms with E-state index in [9.17, 15) is 13.2 Å². The molecule has 0 saturated carbocycles. The first kappa shape index (κ1) is 19.9. The number of ether oxygens (including phenoxy) is 2. The van der Waals surface area contributed by atoms with E-state index in [1.54, 1.807) is 38.3 Å². The molecule has 26 heavy (non-hydrogen) atoms. The van der Waals surface area contributed by atoms with Gasteiger partial charge in [0.05, 0.1) is 24.7 Å². The fourth-order valence-corrected chi connectivity index (χ4v) is 4.19. The van der Waals surface area contributed by atoms with Gasteiger partial charge in [0.15, 0.2) is 0 Å². The molecule has 0 aromatic heterocycles. The Bertz CT molecular complexity index is 875. The van der Waals surface area contributed by atoms with Gasteiger partial charge >= 0.3 is 5.97 Å². The highest BCUT2D eigenvalue weighted by Crippen LogP contribution is 2.24. The predicted molar refractivity (Wildman–Crippen MR) is 98.9 cm³/mol. The summed E-state index contributed by atoms with van der Waals surface area (Å²) in [4.78, 5) is 11.8. The number of hydrogen-bond acceptors (Lipinski definition) is 5. The number of rotatable bonds is 7. The van der Waals surface area contributed by atoms with Crippen LogP contribution < -0.4 is 9.46 Å². The highest BCUT2D eigenvalue weighted by atomic mass is 32.2. The molecule has 0 aliphatic carbocycles. The maximum absolute atomic E-state index is 12.9.